The zero-order chi connectivity index (χ0) is 31.8. The number of benzene rings is 2. The molecule has 0 aliphatic heterocycles. The molecule has 0 saturated heterocycles. The van der Waals surface area contributed by atoms with E-state index in [1.165, 1.54) is 24.3 Å². The van der Waals surface area contributed by atoms with Gasteiger partial charge in [0.1, 0.15) is 11.2 Å². The van der Waals surface area contributed by atoms with Gasteiger partial charge in [0.05, 0.1) is 27.5 Å². The maximum atomic E-state index is 12.1. The second kappa shape index (κ2) is 14.3. The Morgan fingerprint density at radius 3 is 1.54 bits per heavy atom. The second-order valence-corrected chi connectivity index (χ2v) is 11.1. The molecule has 11 nitrogen and oxygen atoms in total. The Morgan fingerprint density at radius 2 is 1.20 bits per heavy atom. The lowest BCUT2D eigenvalue weighted by Crippen LogP contribution is -2.28. The molecule has 226 valence electrons. The minimum absolute atomic E-state index is 0.0146. The first-order valence-corrected chi connectivity index (χ1v) is 13.1. The maximum absolute atomic E-state index is 12.1. The number of rotatable bonds is 8. The number of hydrogen-bond acceptors (Lipinski definition) is 9. The van der Waals surface area contributed by atoms with Crippen molar-refractivity contribution in [1.82, 2.24) is 5.32 Å². The summed E-state index contributed by atoms with van der Waals surface area (Å²) in [5.41, 5.74) is -0.961. The van der Waals surface area contributed by atoms with Crippen LogP contribution in [-0.4, -0.2) is 45.7 Å². The molecule has 0 bridgehead atoms. The van der Waals surface area contributed by atoms with Gasteiger partial charge in [-0.3, -0.25) is 20.2 Å². The van der Waals surface area contributed by atoms with Crippen molar-refractivity contribution >= 4 is 39.2 Å². The highest BCUT2D eigenvalue weighted by molar-refractivity contribution is 9.08. The van der Waals surface area contributed by atoms with Crippen LogP contribution in [0.1, 0.15) is 73.4 Å². The molecule has 41 heavy (non-hydrogen) atoms. The van der Waals surface area contributed by atoms with Crippen LogP contribution in [0, 0.1) is 20.2 Å². The summed E-state index contributed by atoms with van der Waals surface area (Å²) in [6, 6.07) is 7.63. The van der Waals surface area contributed by atoms with Gasteiger partial charge in [-0.2, -0.15) is 13.2 Å². The molecule has 0 aliphatic rings. The fourth-order valence-corrected chi connectivity index (χ4v) is 3.49. The maximum Gasteiger partial charge on any atom is 0.401 e. The van der Waals surface area contributed by atoms with Crippen molar-refractivity contribution in [1.29, 1.82) is 0 Å². The number of hydrogen-bond donors (Lipinski definition) is 1. The molecule has 0 radical (unpaired) electrons. The van der Waals surface area contributed by atoms with Gasteiger partial charge in [0.25, 0.3) is 11.4 Å². The minimum atomic E-state index is -4.43. The fraction of sp³-hybridized carbons (Fsp3) is 0.462. The van der Waals surface area contributed by atoms with Gasteiger partial charge < -0.3 is 14.8 Å². The van der Waals surface area contributed by atoms with E-state index in [1.807, 2.05) is 0 Å². The smallest absolute Gasteiger partial charge is 0.401 e. The van der Waals surface area contributed by atoms with Crippen LogP contribution < -0.4 is 5.32 Å². The molecule has 15 heteroatoms. The summed E-state index contributed by atoms with van der Waals surface area (Å²) in [4.78, 5) is 44.2. The van der Waals surface area contributed by atoms with Gasteiger partial charge >= 0.3 is 18.1 Å². The van der Waals surface area contributed by atoms with Gasteiger partial charge in [0.2, 0.25) is 0 Å². The van der Waals surface area contributed by atoms with E-state index in [0.717, 1.165) is 12.1 Å². The van der Waals surface area contributed by atoms with Crippen molar-refractivity contribution in [3.63, 3.8) is 0 Å². The number of nitrogens with zero attached hydrogens (tertiary/aromatic N) is 2. The number of carbonyl (C=O) groups is 2. The van der Waals surface area contributed by atoms with Gasteiger partial charge in [0.15, 0.2) is 0 Å². The third-order valence-electron chi connectivity index (χ3n) is 4.61. The quantitative estimate of drug-likeness (QED) is 0.143. The monoisotopic (exact) mass is 649 g/mol. The predicted molar refractivity (Wildman–Crippen MR) is 147 cm³/mol. The van der Waals surface area contributed by atoms with Crippen LogP contribution in [0.4, 0.5) is 24.5 Å². The summed E-state index contributed by atoms with van der Waals surface area (Å²) in [6.07, 6.45) is -4.43. The molecule has 0 aliphatic carbocycles. The molecule has 0 aromatic heterocycles. The van der Waals surface area contributed by atoms with Crippen LogP contribution in [-0.2, 0) is 21.3 Å². The Morgan fingerprint density at radius 1 is 0.805 bits per heavy atom. The summed E-state index contributed by atoms with van der Waals surface area (Å²) in [7, 11) is 0. The van der Waals surface area contributed by atoms with Crippen LogP contribution >= 0.6 is 15.9 Å². The van der Waals surface area contributed by atoms with Crippen LogP contribution in [0.15, 0.2) is 36.4 Å². The van der Waals surface area contributed by atoms with E-state index >= 15 is 0 Å². The van der Waals surface area contributed by atoms with E-state index < -0.39 is 52.3 Å². The third-order valence-corrected chi connectivity index (χ3v) is 5.21. The van der Waals surface area contributed by atoms with Crippen LogP contribution in [0.2, 0.25) is 0 Å². The number of nitro groups is 2. The standard InChI is InChI=1S/C14H17F3N2O4.C12H14BrNO4/c1-13(2,3)23-12(20)9-4-5-11(19(21)22)10(6-9)7-18-8-14(15,16)17;1-12(2,3)18-11(15)8-4-5-10(14(16)17)9(6-8)7-13/h4-6,18H,7-8H2,1-3H3;4-6H,7H2,1-3H3. The molecule has 1 N–H and O–H groups in total. The normalized spacial score (nSPS) is 11.7. The third kappa shape index (κ3) is 13.1. The Labute approximate surface area is 242 Å². The van der Waals surface area contributed by atoms with E-state index in [-0.39, 0.29) is 22.5 Å². The number of carbonyl (C=O) groups excluding carboxylic acids is 2. The lowest BCUT2D eigenvalue weighted by molar-refractivity contribution is -0.385. The lowest BCUT2D eigenvalue weighted by atomic mass is 10.1. The zero-order valence-electron chi connectivity index (χ0n) is 23.3. The first kappa shape index (κ1) is 35.4. The fourth-order valence-electron chi connectivity index (χ4n) is 3.04. The van der Waals surface area contributed by atoms with Crippen molar-refractivity contribution < 1.29 is 42.1 Å². The SMILES string of the molecule is CC(C)(C)OC(=O)c1ccc([N+](=O)[O-])c(CBr)c1.CC(C)(C)OC(=O)c1ccc([N+](=O)[O-])c(CNCC(F)(F)F)c1. The molecular formula is C26H31BrF3N3O8. The highest BCUT2D eigenvalue weighted by atomic mass is 79.9. The van der Waals surface area contributed by atoms with E-state index in [1.54, 1.807) is 41.5 Å². The van der Waals surface area contributed by atoms with E-state index in [9.17, 15) is 43.0 Å². The molecule has 0 fully saturated rings. The average molecular weight is 650 g/mol. The molecule has 0 atom stereocenters. The highest BCUT2D eigenvalue weighted by Crippen LogP contribution is 2.24. The molecule has 2 aromatic rings. The zero-order valence-corrected chi connectivity index (χ0v) is 24.8. The topological polar surface area (TPSA) is 151 Å². The van der Waals surface area contributed by atoms with E-state index in [4.69, 9.17) is 9.47 Å². The van der Waals surface area contributed by atoms with Crippen LogP contribution in [0.5, 0.6) is 0 Å². The molecule has 0 saturated carbocycles. The number of nitro benzene ring substituents is 2. The molecule has 0 spiro atoms. The van der Waals surface area contributed by atoms with Crippen molar-refractivity contribution in [2.24, 2.45) is 0 Å². The first-order chi connectivity index (χ1) is 18.6. The Hall–Kier alpha value is -3.59. The molecular weight excluding hydrogens is 619 g/mol. The summed E-state index contributed by atoms with van der Waals surface area (Å²) in [5, 5.41) is 24.1. The van der Waals surface area contributed by atoms with Crippen molar-refractivity contribution in [2.75, 3.05) is 6.54 Å². The number of ether oxygens (including phenoxy) is 2. The second-order valence-electron chi connectivity index (χ2n) is 10.6. The van der Waals surface area contributed by atoms with Crippen molar-refractivity contribution in [2.45, 2.75) is 70.8 Å². The molecule has 2 aromatic carbocycles. The van der Waals surface area contributed by atoms with Crippen molar-refractivity contribution in [3.8, 4) is 0 Å². The van der Waals surface area contributed by atoms with Gasteiger partial charge in [-0.15, -0.1) is 0 Å². The summed E-state index contributed by atoms with van der Waals surface area (Å²) >= 11 is 3.16. The Kier molecular flexibility index (Phi) is 12.4. The summed E-state index contributed by atoms with van der Waals surface area (Å²) in [5.74, 6) is -1.19. The molecule has 0 heterocycles. The number of alkyl halides is 4. The Bertz CT molecular complexity index is 1270. The molecule has 0 unspecified atom stereocenters. The van der Waals surface area contributed by atoms with E-state index in [0.29, 0.717) is 16.5 Å². The number of esters is 2. The predicted octanol–water partition coefficient (Wildman–Crippen LogP) is 6.65. The summed E-state index contributed by atoms with van der Waals surface area (Å²) < 4.78 is 46.7. The number of halogens is 4. The average Bonchev–Trinajstić information content (AvgIpc) is 2.80. The highest BCUT2D eigenvalue weighted by Gasteiger charge is 2.27. The largest absolute Gasteiger partial charge is 0.456 e. The van der Waals surface area contributed by atoms with Gasteiger partial charge in [-0.1, -0.05) is 15.9 Å². The van der Waals surface area contributed by atoms with Crippen LogP contribution in [0.3, 0.4) is 0 Å². The van der Waals surface area contributed by atoms with Gasteiger partial charge in [-0.25, -0.2) is 9.59 Å². The first-order valence-electron chi connectivity index (χ1n) is 12.0. The number of nitrogens with one attached hydrogen (secondary N) is 1. The van der Waals surface area contributed by atoms with Gasteiger partial charge in [-0.05, 0) is 65.8 Å². The molecule has 0 amide bonds. The minimum Gasteiger partial charge on any atom is -0.456 e. The van der Waals surface area contributed by atoms with E-state index in [2.05, 4.69) is 21.2 Å². The van der Waals surface area contributed by atoms with Gasteiger partial charge in [0, 0.05) is 35.1 Å². The lowest BCUT2D eigenvalue weighted by Gasteiger charge is -2.19. The Balaban J connectivity index is 0.000000422. The van der Waals surface area contributed by atoms with Crippen LogP contribution in [0.25, 0.3) is 0 Å². The van der Waals surface area contributed by atoms with Crippen molar-refractivity contribution in [3.05, 3.63) is 78.9 Å². The molecule has 2 rings (SSSR count). The summed E-state index contributed by atoms with van der Waals surface area (Å²) in [6.45, 7) is 8.57.